The van der Waals surface area contributed by atoms with E-state index in [1.807, 2.05) is 4.90 Å². The number of aromatic nitrogens is 3. The summed E-state index contributed by atoms with van der Waals surface area (Å²) < 4.78 is 48.6. The highest BCUT2D eigenvalue weighted by Gasteiger charge is 2.36. The zero-order valence-electron chi connectivity index (χ0n) is 17.1. The van der Waals surface area contributed by atoms with Crippen molar-refractivity contribution in [3.05, 3.63) is 28.3 Å². The van der Waals surface area contributed by atoms with E-state index < -0.39 is 41.7 Å². The summed E-state index contributed by atoms with van der Waals surface area (Å²) in [7, 11) is 1.49. The van der Waals surface area contributed by atoms with Crippen molar-refractivity contribution in [3.8, 4) is 0 Å². The van der Waals surface area contributed by atoms with Crippen molar-refractivity contribution in [2.45, 2.75) is 38.6 Å². The van der Waals surface area contributed by atoms with Gasteiger partial charge < -0.3 is 24.7 Å². The topological polar surface area (TPSA) is 109 Å². The second-order valence-electron chi connectivity index (χ2n) is 6.85. The molecule has 2 aromatic heterocycles. The van der Waals surface area contributed by atoms with Crippen LogP contribution >= 0.6 is 11.3 Å². The minimum absolute atomic E-state index is 0.266. The standard InChI is InChI=1S/C18H22F3N5O4S/c1-4-30-16(28)13-9(2)23-17(31-13)26-6-5-10(11(8-26)29-3)24-15(27)14-22-7-12(25-14)18(19,20)21/h7,10-11H,4-6,8H2,1-3H3,(H,22,25)(H,24,27). The van der Waals surface area contributed by atoms with Crippen LogP contribution in [-0.4, -0.2) is 65.8 Å². The fraction of sp³-hybridized carbons (Fsp3) is 0.556. The number of nitrogens with one attached hydrogen (secondary N) is 2. The van der Waals surface area contributed by atoms with Crippen molar-refractivity contribution < 1.29 is 32.2 Å². The van der Waals surface area contributed by atoms with Gasteiger partial charge in [0.05, 0.1) is 24.4 Å². The average molecular weight is 461 g/mol. The molecule has 1 fully saturated rings. The molecule has 0 bridgehead atoms. The molecule has 0 radical (unpaired) electrons. The van der Waals surface area contributed by atoms with Crippen LogP contribution in [0.1, 0.15) is 45.0 Å². The fourth-order valence-electron chi connectivity index (χ4n) is 3.22. The van der Waals surface area contributed by atoms with Gasteiger partial charge in [-0.05, 0) is 20.3 Å². The summed E-state index contributed by atoms with van der Waals surface area (Å²) in [6.45, 7) is 4.60. The number of imidazole rings is 1. The monoisotopic (exact) mass is 461 g/mol. The molecule has 2 atom stereocenters. The zero-order valence-corrected chi connectivity index (χ0v) is 17.9. The van der Waals surface area contributed by atoms with Crippen LogP contribution in [0.3, 0.4) is 0 Å². The molecule has 1 saturated heterocycles. The molecule has 3 heterocycles. The van der Waals surface area contributed by atoms with E-state index in [9.17, 15) is 22.8 Å². The third kappa shape index (κ3) is 5.15. The average Bonchev–Trinajstić information content (AvgIpc) is 3.35. The van der Waals surface area contributed by atoms with E-state index in [2.05, 4.69) is 20.3 Å². The Hall–Kier alpha value is -2.67. The summed E-state index contributed by atoms with van der Waals surface area (Å²) in [5.41, 5.74) is -0.589. The number of hydrogen-bond acceptors (Lipinski definition) is 8. The van der Waals surface area contributed by atoms with Crippen molar-refractivity contribution >= 4 is 28.3 Å². The minimum atomic E-state index is -4.64. The first-order chi connectivity index (χ1) is 14.6. The molecule has 3 rings (SSSR count). The number of alkyl halides is 3. The van der Waals surface area contributed by atoms with Gasteiger partial charge in [0.1, 0.15) is 4.88 Å². The highest BCUT2D eigenvalue weighted by Crippen LogP contribution is 2.30. The molecule has 0 spiro atoms. The number of thiazole rings is 1. The molecule has 1 aliphatic heterocycles. The fourth-order valence-corrected chi connectivity index (χ4v) is 4.21. The Bertz CT molecular complexity index is 945. The lowest BCUT2D eigenvalue weighted by molar-refractivity contribution is -0.140. The van der Waals surface area contributed by atoms with E-state index >= 15 is 0 Å². The molecule has 0 aromatic carbocycles. The number of aromatic amines is 1. The number of halogens is 3. The molecular weight excluding hydrogens is 439 g/mol. The first kappa shape index (κ1) is 23.0. The maximum atomic E-state index is 12.7. The van der Waals surface area contributed by atoms with Crippen LogP contribution in [0, 0.1) is 6.92 Å². The van der Waals surface area contributed by atoms with Crippen LogP contribution in [-0.2, 0) is 15.7 Å². The number of carbonyl (C=O) groups is 2. The van der Waals surface area contributed by atoms with Crippen molar-refractivity contribution in [3.63, 3.8) is 0 Å². The van der Waals surface area contributed by atoms with Gasteiger partial charge >= 0.3 is 12.1 Å². The number of carbonyl (C=O) groups excluding carboxylic acids is 2. The normalized spacial score (nSPS) is 19.4. The summed E-state index contributed by atoms with van der Waals surface area (Å²) in [5, 5.41) is 3.31. The van der Waals surface area contributed by atoms with Gasteiger partial charge in [-0.1, -0.05) is 11.3 Å². The maximum absolute atomic E-state index is 12.7. The molecule has 0 saturated carbocycles. The number of ether oxygens (including phenoxy) is 2. The number of aryl methyl sites for hydroxylation is 1. The van der Waals surface area contributed by atoms with Gasteiger partial charge in [-0.25, -0.2) is 14.8 Å². The first-order valence-corrected chi connectivity index (χ1v) is 10.3. The van der Waals surface area contributed by atoms with Gasteiger partial charge in [0.2, 0.25) is 0 Å². The van der Waals surface area contributed by atoms with Gasteiger partial charge in [0, 0.05) is 26.4 Å². The number of amides is 1. The van der Waals surface area contributed by atoms with Crippen LogP contribution in [0.4, 0.5) is 18.3 Å². The Kier molecular flexibility index (Phi) is 6.84. The van der Waals surface area contributed by atoms with E-state index in [4.69, 9.17) is 9.47 Å². The number of hydrogen-bond donors (Lipinski definition) is 2. The molecule has 0 aliphatic carbocycles. The molecule has 170 valence electrons. The predicted octanol–water partition coefficient (Wildman–Crippen LogP) is 2.39. The lowest BCUT2D eigenvalue weighted by Gasteiger charge is -2.37. The predicted molar refractivity (Wildman–Crippen MR) is 105 cm³/mol. The van der Waals surface area contributed by atoms with Crippen molar-refractivity contribution in [1.29, 1.82) is 0 Å². The molecule has 31 heavy (non-hydrogen) atoms. The number of rotatable bonds is 6. The number of methoxy groups -OCH3 is 1. The third-order valence-corrected chi connectivity index (χ3v) is 5.98. The SMILES string of the molecule is CCOC(=O)c1sc(N2CCC(NC(=O)c3nc(C(F)(F)F)c[nH]3)C(OC)C2)nc1C. The minimum Gasteiger partial charge on any atom is -0.462 e. The van der Waals surface area contributed by atoms with Gasteiger partial charge in [-0.2, -0.15) is 13.2 Å². The highest BCUT2D eigenvalue weighted by molar-refractivity contribution is 7.17. The van der Waals surface area contributed by atoms with E-state index in [-0.39, 0.29) is 6.61 Å². The van der Waals surface area contributed by atoms with Gasteiger partial charge in [0.15, 0.2) is 16.6 Å². The lowest BCUT2D eigenvalue weighted by atomic mass is 10.0. The van der Waals surface area contributed by atoms with Crippen LogP contribution in [0.15, 0.2) is 6.20 Å². The number of esters is 1. The number of nitrogens with zero attached hydrogens (tertiary/aromatic N) is 3. The van der Waals surface area contributed by atoms with Crippen molar-refractivity contribution in [2.24, 2.45) is 0 Å². The smallest absolute Gasteiger partial charge is 0.434 e. The van der Waals surface area contributed by atoms with Gasteiger partial charge in [-0.15, -0.1) is 0 Å². The molecule has 1 amide bonds. The van der Waals surface area contributed by atoms with Gasteiger partial charge in [0.25, 0.3) is 5.91 Å². The second-order valence-corrected chi connectivity index (χ2v) is 7.83. The Morgan fingerprint density at radius 1 is 1.39 bits per heavy atom. The van der Waals surface area contributed by atoms with E-state index in [1.54, 1.807) is 13.8 Å². The highest BCUT2D eigenvalue weighted by atomic mass is 32.1. The summed E-state index contributed by atoms with van der Waals surface area (Å²) in [6, 6.07) is -0.432. The molecule has 2 N–H and O–H groups in total. The quantitative estimate of drug-likeness (QED) is 0.636. The largest absolute Gasteiger partial charge is 0.462 e. The zero-order chi connectivity index (χ0) is 22.8. The van der Waals surface area contributed by atoms with Crippen LogP contribution < -0.4 is 10.2 Å². The molecule has 1 aliphatic rings. The molecular formula is C18H22F3N5O4S. The van der Waals surface area contributed by atoms with E-state index in [0.717, 1.165) is 0 Å². The summed E-state index contributed by atoms with van der Waals surface area (Å²) in [6.07, 6.45) is -3.96. The van der Waals surface area contributed by atoms with Crippen LogP contribution in [0.25, 0.3) is 0 Å². The molecule has 2 unspecified atom stereocenters. The van der Waals surface area contributed by atoms with E-state index in [0.29, 0.717) is 41.4 Å². The van der Waals surface area contributed by atoms with Gasteiger partial charge in [-0.3, -0.25) is 4.79 Å². The maximum Gasteiger partial charge on any atom is 0.434 e. The molecule has 13 heteroatoms. The first-order valence-electron chi connectivity index (χ1n) is 9.49. The number of piperidine rings is 1. The van der Waals surface area contributed by atoms with Crippen molar-refractivity contribution in [1.82, 2.24) is 20.3 Å². The Morgan fingerprint density at radius 2 is 2.13 bits per heavy atom. The summed E-state index contributed by atoms with van der Waals surface area (Å²) in [4.78, 5) is 36.8. The Balaban J connectivity index is 1.66. The second kappa shape index (κ2) is 9.22. The summed E-state index contributed by atoms with van der Waals surface area (Å²) >= 11 is 1.22. The Morgan fingerprint density at radius 3 is 2.74 bits per heavy atom. The number of anilines is 1. The lowest BCUT2D eigenvalue weighted by Crippen LogP contribution is -2.55. The number of H-pyrrole nitrogens is 1. The van der Waals surface area contributed by atoms with Crippen LogP contribution in [0.2, 0.25) is 0 Å². The molecule has 9 nitrogen and oxygen atoms in total. The van der Waals surface area contributed by atoms with Crippen molar-refractivity contribution in [2.75, 3.05) is 31.7 Å². The van der Waals surface area contributed by atoms with E-state index in [1.165, 1.54) is 18.4 Å². The third-order valence-electron chi connectivity index (χ3n) is 4.78. The Labute approximate surface area is 180 Å². The van der Waals surface area contributed by atoms with Crippen LogP contribution in [0.5, 0.6) is 0 Å². The summed E-state index contributed by atoms with van der Waals surface area (Å²) in [5.74, 6) is -1.59. The molecule has 2 aromatic rings.